The van der Waals surface area contributed by atoms with E-state index in [0.29, 0.717) is 5.88 Å². The monoisotopic (exact) mass is 497 g/mol. The van der Waals surface area contributed by atoms with Crippen LogP contribution in [-0.4, -0.2) is 17.2 Å². The van der Waals surface area contributed by atoms with Gasteiger partial charge in [0.15, 0.2) is 0 Å². The summed E-state index contributed by atoms with van der Waals surface area (Å²) < 4.78 is 6.75. The third-order valence-corrected chi connectivity index (χ3v) is 6.80. The van der Waals surface area contributed by atoms with E-state index in [4.69, 9.17) is 9.72 Å². The van der Waals surface area contributed by atoms with Gasteiger partial charge in [-0.25, -0.2) is 4.98 Å². The van der Waals surface area contributed by atoms with E-state index in [0.717, 1.165) is 42.8 Å². The second-order valence-electron chi connectivity index (χ2n) is 8.44. The third-order valence-electron chi connectivity index (χ3n) is 6.30. The molecule has 0 aliphatic rings. The van der Waals surface area contributed by atoms with Gasteiger partial charge in [0, 0.05) is 21.3 Å². The van der Waals surface area contributed by atoms with Crippen LogP contribution in [0.2, 0.25) is 0 Å². The molecule has 0 unspecified atom stereocenters. The van der Waals surface area contributed by atoms with Crippen LogP contribution in [0.15, 0.2) is 102 Å². The molecule has 4 heteroatoms. The maximum absolute atomic E-state index is 12.3. The Morgan fingerprint density at radius 3 is 2.36 bits per heavy atom. The lowest BCUT2D eigenvalue weighted by atomic mass is 9.73. The van der Waals surface area contributed by atoms with Gasteiger partial charge in [0.25, 0.3) is 0 Å². The summed E-state index contributed by atoms with van der Waals surface area (Å²) in [5.41, 5.74) is 2.30. The van der Waals surface area contributed by atoms with Crippen molar-refractivity contribution in [2.45, 2.75) is 18.4 Å². The molecule has 5 aromatic rings. The number of methoxy groups -OCH3 is 1. The quantitative estimate of drug-likeness (QED) is 0.279. The Hall–Kier alpha value is -3.21. The number of ether oxygens (including phenoxy) is 1. The fourth-order valence-corrected chi connectivity index (χ4v) is 5.17. The number of aromatic nitrogens is 1. The Morgan fingerprint density at radius 1 is 0.848 bits per heavy atom. The van der Waals surface area contributed by atoms with Crippen molar-refractivity contribution in [3.63, 3.8) is 0 Å². The molecule has 0 saturated heterocycles. The molecule has 33 heavy (non-hydrogen) atoms. The third kappa shape index (κ3) is 3.90. The first-order chi connectivity index (χ1) is 16.0. The standard InChI is InChI=1S/C29H24BrNO2/c1-29(32,25-14-8-12-19-9-6-7-13-23(19)25)27(20-10-4-3-5-11-20)24-18-21-17-22(30)15-16-26(21)31-28(24)33-2/h3-18,27,32H,1-2H3/t27-,29+/m1/s1. The number of hydrogen-bond donors (Lipinski definition) is 1. The van der Waals surface area contributed by atoms with E-state index in [1.807, 2.05) is 67.6 Å². The molecule has 0 radical (unpaired) electrons. The Bertz CT molecular complexity index is 1440. The highest BCUT2D eigenvalue weighted by Gasteiger charge is 2.39. The first-order valence-electron chi connectivity index (χ1n) is 10.9. The van der Waals surface area contributed by atoms with E-state index in [1.54, 1.807) is 7.11 Å². The van der Waals surface area contributed by atoms with Crippen molar-refractivity contribution >= 4 is 37.6 Å². The molecule has 3 nitrogen and oxygen atoms in total. The zero-order valence-electron chi connectivity index (χ0n) is 18.5. The van der Waals surface area contributed by atoms with Crippen LogP contribution in [0.4, 0.5) is 0 Å². The number of fused-ring (bicyclic) bond motifs is 2. The van der Waals surface area contributed by atoms with Gasteiger partial charge in [-0.2, -0.15) is 0 Å². The molecule has 4 aromatic carbocycles. The number of hydrogen-bond acceptors (Lipinski definition) is 3. The van der Waals surface area contributed by atoms with Gasteiger partial charge in [-0.05, 0) is 53.1 Å². The highest BCUT2D eigenvalue weighted by Crippen LogP contribution is 2.46. The number of rotatable bonds is 5. The molecule has 164 valence electrons. The van der Waals surface area contributed by atoms with Crippen molar-refractivity contribution in [1.82, 2.24) is 4.98 Å². The second kappa shape index (κ2) is 8.62. The molecule has 1 heterocycles. The van der Waals surface area contributed by atoms with Gasteiger partial charge < -0.3 is 9.84 Å². The van der Waals surface area contributed by atoms with Crippen LogP contribution >= 0.6 is 15.9 Å². The molecular weight excluding hydrogens is 474 g/mol. The van der Waals surface area contributed by atoms with Crippen LogP contribution in [-0.2, 0) is 5.60 Å². The molecule has 0 saturated carbocycles. The number of benzene rings is 4. The predicted octanol–water partition coefficient (Wildman–Crippen LogP) is 7.20. The first kappa shape index (κ1) is 21.6. The number of halogens is 1. The molecule has 0 bridgehead atoms. The summed E-state index contributed by atoms with van der Waals surface area (Å²) in [7, 11) is 1.63. The van der Waals surface area contributed by atoms with Gasteiger partial charge in [0.05, 0.1) is 18.2 Å². The van der Waals surface area contributed by atoms with Gasteiger partial charge in [-0.1, -0.05) is 88.7 Å². The summed E-state index contributed by atoms with van der Waals surface area (Å²) in [5, 5.41) is 15.4. The van der Waals surface area contributed by atoms with Crippen molar-refractivity contribution in [3.05, 3.63) is 118 Å². The lowest BCUT2D eigenvalue weighted by Crippen LogP contribution is -2.31. The molecule has 5 rings (SSSR count). The normalized spacial score (nSPS) is 14.2. The zero-order valence-corrected chi connectivity index (χ0v) is 20.1. The van der Waals surface area contributed by atoms with Crippen LogP contribution in [0.3, 0.4) is 0 Å². The lowest BCUT2D eigenvalue weighted by Gasteiger charge is -2.35. The summed E-state index contributed by atoms with van der Waals surface area (Å²) in [6.07, 6.45) is 0. The van der Waals surface area contributed by atoms with E-state index in [1.165, 1.54) is 0 Å². The summed E-state index contributed by atoms with van der Waals surface area (Å²) in [4.78, 5) is 4.80. The molecule has 2 atom stereocenters. The molecule has 0 spiro atoms. The maximum atomic E-state index is 12.3. The fourth-order valence-electron chi connectivity index (χ4n) is 4.79. The molecule has 0 fully saturated rings. The first-order valence-corrected chi connectivity index (χ1v) is 11.7. The Morgan fingerprint density at radius 2 is 1.58 bits per heavy atom. The van der Waals surface area contributed by atoms with Crippen LogP contribution < -0.4 is 4.74 Å². The largest absolute Gasteiger partial charge is 0.481 e. The maximum Gasteiger partial charge on any atom is 0.217 e. The van der Waals surface area contributed by atoms with Crippen molar-refractivity contribution < 1.29 is 9.84 Å². The van der Waals surface area contributed by atoms with Gasteiger partial charge in [-0.3, -0.25) is 0 Å². The predicted molar refractivity (Wildman–Crippen MR) is 138 cm³/mol. The minimum Gasteiger partial charge on any atom is -0.481 e. The summed E-state index contributed by atoms with van der Waals surface area (Å²) in [6, 6.07) is 32.4. The molecule has 0 aliphatic heterocycles. The SMILES string of the molecule is COc1nc2ccc(Br)cc2cc1[C@@H](c1ccccc1)[C@@](C)(O)c1cccc2ccccc12. The number of pyridine rings is 1. The summed E-state index contributed by atoms with van der Waals surface area (Å²) in [5.74, 6) is 0.106. The molecule has 1 N–H and O–H groups in total. The molecule has 0 amide bonds. The van der Waals surface area contributed by atoms with Crippen molar-refractivity contribution in [3.8, 4) is 5.88 Å². The van der Waals surface area contributed by atoms with E-state index in [9.17, 15) is 5.11 Å². The highest BCUT2D eigenvalue weighted by atomic mass is 79.9. The number of aliphatic hydroxyl groups is 1. The van der Waals surface area contributed by atoms with E-state index >= 15 is 0 Å². The van der Waals surface area contributed by atoms with Gasteiger partial charge in [-0.15, -0.1) is 0 Å². The van der Waals surface area contributed by atoms with Crippen molar-refractivity contribution in [1.29, 1.82) is 0 Å². The molecule has 0 aliphatic carbocycles. The molecular formula is C29H24BrNO2. The second-order valence-corrected chi connectivity index (χ2v) is 9.36. The van der Waals surface area contributed by atoms with Crippen LogP contribution in [0.5, 0.6) is 5.88 Å². The van der Waals surface area contributed by atoms with Crippen molar-refractivity contribution in [2.24, 2.45) is 0 Å². The van der Waals surface area contributed by atoms with E-state index in [-0.39, 0.29) is 0 Å². The van der Waals surface area contributed by atoms with Gasteiger partial charge >= 0.3 is 0 Å². The average molecular weight is 498 g/mol. The summed E-state index contributed by atoms with van der Waals surface area (Å²) >= 11 is 3.57. The number of nitrogens with zero attached hydrogens (tertiary/aromatic N) is 1. The minimum atomic E-state index is -1.24. The average Bonchev–Trinajstić information content (AvgIpc) is 2.84. The lowest BCUT2D eigenvalue weighted by molar-refractivity contribution is 0.0399. The van der Waals surface area contributed by atoms with Crippen LogP contribution in [0.1, 0.15) is 29.5 Å². The Labute approximate surface area is 201 Å². The zero-order chi connectivity index (χ0) is 23.0. The summed E-state index contributed by atoms with van der Waals surface area (Å²) in [6.45, 7) is 1.89. The molecule has 1 aromatic heterocycles. The van der Waals surface area contributed by atoms with Gasteiger partial charge in [0.1, 0.15) is 0 Å². The highest BCUT2D eigenvalue weighted by molar-refractivity contribution is 9.10. The van der Waals surface area contributed by atoms with Crippen LogP contribution in [0.25, 0.3) is 21.7 Å². The smallest absolute Gasteiger partial charge is 0.217 e. The topological polar surface area (TPSA) is 42.4 Å². The Kier molecular flexibility index (Phi) is 5.65. The minimum absolute atomic E-state index is 0.407. The Balaban J connectivity index is 1.81. The van der Waals surface area contributed by atoms with E-state index in [2.05, 4.69) is 52.3 Å². The van der Waals surface area contributed by atoms with Crippen LogP contribution in [0, 0.1) is 0 Å². The van der Waals surface area contributed by atoms with E-state index < -0.39 is 11.5 Å². The van der Waals surface area contributed by atoms with Gasteiger partial charge in [0.2, 0.25) is 5.88 Å². The van der Waals surface area contributed by atoms with Crippen molar-refractivity contribution in [2.75, 3.05) is 7.11 Å². The fraction of sp³-hybridized carbons (Fsp3) is 0.138.